The van der Waals surface area contributed by atoms with Crippen molar-refractivity contribution in [3.8, 4) is 0 Å². The summed E-state index contributed by atoms with van der Waals surface area (Å²) in [7, 11) is 0. The fourth-order valence-corrected chi connectivity index (χ4v) is 4.15. The van der Waals surface area contributed by atoms with Crippen molar-refractivity contribution in [1.29, 1.82) is 0 Å². The Hall–Kier alpha value is -0.420. The summed E-state index contributed by atoms with van der Waals surface area (Å²) in [5.41, 5.74) is -0.921. The standard InChI is InChI=1S/C17H29N5OS.HI/c1-3-18-16(20-13-17(2,23)15-5-4-10-24-15)19-11-14-12-21-6-8-22(14)9-7-21;/h4-5,10,14,23H,3,6-9,11-13H2,1-2H3,(H2,18,19,20);1H. The van der Waals surface area contributed by atoms with Gasteiger partial charge in [0.1, 0.15) is 5.60 Å². The lowest BCUT2D eigenvalue weighted by molar-refractivity contribution is 0.0154. The zero-order chi connectivity index (χ0) is 17.0. The molecule has 0 aromatic carbocycles. The number of halogens is 1. The van der Waals surface area contributed by atoms with Gasteiger partial charge in [-0.15, -0.1) is 35.3 Å². The van der Waals surface area contributed by atoms with Crippen LogP contribution in [-0.4, -0.2) is 79.3 Å². The van der Waals surface area contributed by atoms with Crippen LogP contribution < -0.4 is 10.6 Å². The van der Waals surface area contributed by atoms with E-state index < -0.39 is 5.60 Å². The van der Waals surface area contributed by atoms with Gasteiger partial charge >= 0.3 is 0 Å². The fraction of sp³-hybridized carbons (Fsp3) is 0.706. The number of piperazine rings is 3. The van der Waals surface area contributed by atoms with E-state index in [9.17, 15) is 5.11 Å². The van der Waals surface area contributed by atoms with Gasteiger partial charge in [-0.1, -0.05) is 6.07 Å². The maximum absolute atomic E-state index is 10.6. The van der Waals surface area contributed by atoms with Crippen LogP contribution in [0.5, 0.6) is 0 Å². The number of hydrogen-bond donors (Lipinski definition) is 3. The van der Waals surface area contributed by atoms with Crippen molar-refractivity contribution < 1.29 is 5.11 Å². The number of aliphatic hydroxyl groups is 1. The summed E-state index contributed by atoms with van der Waals surface area (Å²) in [6.07, 6.45) is 0. The molecule has 0 amide bonds. The van der Waals surface area contributed by atoms with Gasteiger partial charge in [-0.05, 0) is 25.3 Å². The third kappa shape index (κ3) is 5.53. The lowest BCUT2D eigenvalue weighted by atomic mass is 10.1. The number of nitrogens with one attached hydrogen (secondary N) is 2. The molecule has 3 fully saturated rings. The van der Waals surface area contributed by atoms with Crippen molar-refractivity contribution in [2.24, 2.45) is 4.99 Å². The quantitative estimate of drug-likeness (QED) is 0.325. The zero-order valence-electron chi connectivity index (χ0n) is 15.1. The van der Waals surface area contributed by atoms with Crippen molar-refractivity contribution in [3.63, 3.8) is 0 Å². The SMILES string of the molecule is CCNC(=NCC(C)(O)c1cccs1)NCC1CN2CCN1CC2.I. The average Bonchev–Trinajstić information content (AvgIpc) is 3.14. The van der Waals surface area contributed by atoms with Crippen LogP contribution in [0, 0.1) is 0 Å². The lowest BCUT2D eigenvalue weighted by Crippen LogP contribution is -2.63. The van der Waals surface area contributed by atoms with Crippen molar-refractivity contribution in [2.45, 2.75) is 25.5 Å². The van der Waals surface area contributed by atoms with Crippen molar-refractivity contribution in [1.82, 2.24) is 20.4 Å². The molecule has 25 heavy (non-hydrogen) atoms. The Morgan fingerprint density at radius 1 is 1.36 bits per heavy atom. The first kappa shape index (κ1) is 20.9. The molecular weight excluding hydrogens is 449 g/mol. The number of rotatable bonds is 6. The number of thiophene rings is 1. The molecule has 0 saturated carbocycles. The second-order valence-electron chi connectivity index (χ2n) is 6.82. The molecule has 8 heteroatoms. The van der Waals surface area contributed by atoms with Gasteiger partial charge in [0.15, 0.2) is 5.96 Å². The van der Waals surface area contributed by atoms with Crippen LogP contribution in [0.25, 0.3) is 0 Å². The van der Waals surface area contributed by atoms with Crippen molar-refractivity contribution >= 4 is 41.3 Å². The summed E-state index contributed by atoms with van der Waals surface area (Å²) < 4.78 is 0. The number of fused-ring (bicyclic) bond motifs is 3. The maximum atomic E-state index is 10.6. The largest absolute Gasteiger partial charge is 0.383 e. The van der Waals surface area contributed by atoms with Gasteiger partial charge in [0.25, 0.3) is 0 Å². The first-order chi connectivity index (χ1) is 11.6. The molecule has 0 aliphatic carbocycles. The first-order valence-electron chi connectivity index (χ1n) is 8.83. The van der Waals surface area contributed by atoms with Gasteiger partial charge in [-0.2, -0.15) is 0 Å². The normalized spacial score (nSPS) is 28.1. The Labute approximate surface area is 171 Å². The van der Waals surface area contributed by atoms with E-state index in [1.54, 1.807) is 11.3 Å². The number of guanidine groups is 1. The highest BCUT2D eigenvalue weighted by Gasteiger charge is 2.31. The molecule has 2 unspecified atom stereocenters. The number of aliphatic imine (C=N–C) groups is 1. The summed E-state index contributed by atoms with van der Waals surface area (Å²) in [6, 6.07) is 4.47. The van der Waals surface area contributed by atoms with Gasteiger partial charge in [0, 0.05) is 56.7 Å². The molecule has 2 bridgehead atoms. The topological polar surface area (TPSA) is 63.1 Å². The van der Waals surface area contributed by atoms with Crippen LogP contribution in [0.4, 0.5) is 0 Å². The second kappa shape index (κ2) is 9.50. The van der Waals surface area contributed by atoms with E-state index >= 15 is 0 Å². The molecular formula is C17H30IN5OS. The highest BCUT2D eigenvalue weighted by Crippen LogP contribution is 2.25. The molecule has 3 N–H and O–H groups in total. The Morgan fingerprint density at radius 2 is 2.12 bits per heavy atom. The zero-order valence-corrected chi connectivity index (χ0v) is 18.2. The van der Waals surface area contributed by atoms with Gasteiger partial charge in [-0.3, -0.25) is 9.80 Å². The van der Waals surface area contributed by atoms with E-state index in [2.05, 4.69) is 32.3 Å². The molecule has 2 atom stereocenters. The summed E-state index contributed by atoms with van der Waals surface area (Å²) in [6.45, 7) is 11.8. The van der Waals surface area contributed by atoms with Crippen molar-refractivity contribution in [3.05, 3.63) is 22.4 Å². The van der Waals surface area contributed by atoms with E-state index in [1.165, 1.54) is 26.2 Å². The summed E-state index contributed by atoms with van der Waals surface area (Å²) in [4.78, 5) is 10.7. The molecule has 4 rings (SSSR count). The van der Waals surface area contributed by atoms with E-state index in [1.807, 2.05) is 24.4 Å². The smallest absolute Gasteiger partial charge is 0.191 e. The molecule has 1 aromatic heterocycles. The number of hydrogen-bond acceptors (Lipinski definition) is 5. The van der Waals surface area contributed by atoms with E-state index in [4.69, 9.17) is 0 Å². The summed E-state index contributed by atoms with van der Waals surface area (Å²) in [5, 5.41) is 19.4. The molecule has 3 saturated heterocycles. The van der Waals surface area contributed by atoms with E-state index in [-0.39, 0.29) is 24.0 Å². The molecule has 0 radical (unpaired) electrons. The highest BCUT2D eigenvalue weighted by atomic mass is 127. The summed E-state index contributed by atoms with van der Waals surface area (Å²) in [5.74, 6) is 0.784. The van der Waals surface area contributed by atoms with Crippen LogP contribution in [0.2, 0.25) is 0 Å². The van der Waals surface area contributed by atoms with Crippen LogP contribution in [0.15, 0.2) is 22.5 Å². The van der Waals surface area contributed by atoms with E-state index in [0.29, 0.717) is 12.6 Å². The Morgan fingerprint density at radius 3 is 2.68 bits per heavy atom. The third-order valence-corrected chi connectivity index (χ3v) is 5.96. The fourth-order valence-electron chi connectivity index (χ4n) is 3.37. The van der Waals surface area contributed by atoms with Gasteiger partial charge < -0.3 is 15.7 Å². The predicted molar refractivity (Wildman–Crippen MR) is 115 cm³/mol. The molecule has 3 aliphatic rings. The van der Waals surface area contributed by atoms with E-state index in [0.717, 1.165) is 30.5 Å². The Kier molecular flexibility index (Phi) is 7.93. The molecule has 0 spiro atoms. The molecule has 4 heterocycles. The van der Waals surface area contributed by atoms with Gasteiger partial charge in [0.05, 0.1) is 6.54 Å². The Balaban J connectivity index is 0.00000225. The molecule has 6 nitrogen and oxygen atoms in total. The third-order valence-electron chi connectivity index (χ3n) is 4.84. The minimum atomic E-state index is -0.921. The summed E-state index contributed by atoms with van der Waals surface area (Å²) >= 11 is 1.57. The maximum Gasteiger partial charge on any atom is 0.191 e. The highest BCUT2D eigenvalue weighted by molar-refractivity contribution is 14.0. The number of nitrogens with zero attached hydrogens (tertiary/aromatic N) is 3. The van der Waals surface area contributed by atoms with Crippen molar-refractivity contribution in [2.75, 3.05) is 52.4 Å². The monoisotopic (exact) mass is 479 g/mol. The lowest BCUT2D eigenvalue weighted by Gasteiger charge is -2.47. The minimum absolute atomic E-state index is 0. The first-order valence-corrected chi connectivity index (χ1v) is 9.71. The van der Waals surface area contributed by atoms with Gasteiger partial charge in [0.2, 0.25) is 0 Å². The Bertz CT molecular complexity index is 543. The molecule has 1 aromatic rings. The minimum Gasteiger partial charge on any atom is -0.383 e. The molecule has 3 aliphatic heterocycles. The average molecular weight is 479 g/mol. The van der Waals surface area contributed by atoms with Crippen LogP contribution in [-0.2, 0) is 5.60 Å². The second-order valence-corrected chi connectivity index (χ2v) is 7.77. The predicted octanol–water partition coefficient (Wildman–Crippen LogP) is 1.13. The van der Waals surface area contributed by atoms with Crippen LogP contribution in [0.1, 0.15) is 18.7 Å². The van der Waals surface area contributed by atoms with Gasteiger partial charge in [-0.25, -0.2) is 4.99 Å². The van der Waals surface area contributed by atoms with Crippen LogP contribution >= 0.6 is 35.3 Å². The van der Waals surface area contributed by atoms with Crippen LogP contribution in [0.3, 0.4) is 0 Å². The molecule has 142 valence electrons.